The summed E-state index contributed by atoms with van der Waals surface area (Å²) in [7, 11) is 0. The van der Waals surface area contributed by atoms with E-state index in [0.29, 0.717) is 17.3 Å². The van der Waals surface area contributed by atoms with Gasteiger partial charge in [-0.15, -0.1) is 0 Å². The second kappa shape index (κ2) is 7.51. The number of halogens is 3. The van der Waals surface area contributed by atoms with Crippen LogP contribution < -0.4 is 5.32 Å². The molecule has 3 heterocycles. The van der Waals surface area contributed by atoms with Gasteiger partial charge in [-0.2, -0.15) is 13.2 Å². The number of nitrogens with zero attached hydrogens (tertiary/aromatic N) is 3. The minimum atomic E-state index is -4.40. The van der Waals surface area contributed by atoms with E-state index in [9.17, 15) is 13.2 Å². The summed E-state index contributed by atoms with van der Waals surface area (Å²) in [6.07, 6.45) is -0.904. The summed E-state index contributed by atoms with van der Waals surface area (Å²) < 4.78 is 41.4. The number of alkyl halides is 3. The maximum atomic E-state index is 13.2. The summed E-state index contributed by atoms with van der Waals surface area (Å²) in [5, 5.41) is 3.93. The highest BCUT2D eigenvalue weighted by Gasteiger charge is 2.40. The number of nitrogens with one attached hydrogen (secondary N) is 1. The van der Waals surface area contributed by atoms with Gasteiger partial charge >= 0.3 is 6.18 Å². The predicted octanol–water partition coefficient (Wildman–Crippen LogP) is 4.88. The molecule has 2 aromatic heterocycles. The van der Waals surface area contributed by atoms with Crippen molar-refractivity contribution in [1.82, 2.24) is 19.8 Å². The fourth-order valence-corrected chi connectivity index (χ4v) is 4.14. The lowest BCUT2D eigenvalue weighted by molar-refractivity contribution is -0.137. The molecule has 0 bridgehead atoms. The molecule has 8 heteroatoms. The number of benzene rings is 1. The largest absolute Gasteiger partial charge is 0.416 e. The van der Waals surface area contributed by atoms with Crippen molar-refractivity contribution in [3.8, 4) is 5.69 Å². The minimum Gasteiger partial charge on any atom is -0.352 e. The second-order valence-electron chi connectivity index (χ2n) is 6.76. The van der Waals surface area contributed by atoms with Gasteiger partial charge in [-0.25, -0.2) is 0 Å². The molecule has 0 aliphatic carbocycles. The van der Waals surface area contributed by atoms with Crippen LogP contribution in [0.15, 0.2) is 67.0 Å². The van der Waals surface area contributed by atoms with Crippen LogP contribution in [0.3, 0.4) is 0 Å². The Balaban J connectivity index is 1.80. The standard InChI is InChI=1S/C21H19F3N4S/c1-2-27-19(18(26-20(27)29)16-9-3-4-11-25-16)17-10-6-12-28(17)15-8-5-7-14(13-15)21(22,23)24/h3-13,18-19H,2H2,1H3,(H,26,29). The lowest BCUT2D eigenvalue weighted by Gasteiger charge is -2.28. The molecule has 29 heavy (non-hydrogen) atoms. The summed E-state index contributed by atoms with van der Waals surface area (Å²) in [4.78, 5) is 6.50. The van der Waals surface area contributed by atoms with E-state index in [0.717, 1.165) is 23.5 Å². The molecule has 2 atom stereocenters. The SMILES string of the molecule is CCN1C(=S)NC(c2ccccn2)C1c1cccn1-c1cccc(C(F)(F)F)c1. The van der Waals surface area contributed by atoms with E-state index in [1.165, 1.54) is 6.07 Å². The highest BCUT2D eigenvalue weighted by molar-refractivity contribution is 7.80. The first-order chi connectivity index (χ1) is 13.9. The summed E-state index contributed by atoms with van der Waals surface area (Å²) in [5.74, 6) is 0. The topological polar surface area (TPSA) is 33.1 Å². The second-order valence-corrected chi connectivity index (χ2v) is 7.15. The van der Waals surface area contributed by atoms with E-state index in [4.69, 9.17) is 12.2 Å². The van der Waals surface area contributed by atoms with E-state index in [-0.39, 0.29) is 12.1 Å². The van der Waals surface area contributed by atoms with E-state index in [2.05, 4.69) is 10.3 Å². The number of pyridine rings is 1. The van der Waals surface area contributed by atoms with Gasteiger partial charge in [-0.05, 0) is 61.6 Å². The number of likely N-dealkylation sites (N-methyl/N-ethyl adjacent to an activating group) is 1. The molecule has 1 aliphatic heterocycles. The van der Waals surface area contributed by atoms with Crippen LogP contribution in [0.4, 0.5) is 13.2 Å². The molecule has 1 N–H and O–H groups in total. The first-order valence-electron chi connectivity index (χ1n) is 9.23. The lowest BCUT2D eigenvalue weighted by atomic mass is 10.0. The highest BCUT2D eigenvalue weighted by atomic mass is 32.1. The zero-order valence-electron chi connectivity index (χ0n) is 15.6. The quantitative estimate of drug-likeness (QED) is 0.615. The van der Waals surface area contributed by atoms with E-state index in [1.807, 2.05) is 42.2 Å². The van der Waals surface area contributed by atoms with E-state index in [1.54, 1.807) is 23.0 Å². The van der Waals surface area contributed by atoms with Gasteiger partial charge in [0.2, 0.25) is 0 Å². The van der Waals surface area contributed by atoms with Gasteiger partial charge in [0.05, 0.1) is 23.3 Å². The van der Waals surface area contributed by atoms with Crippen LogP contribution in [-0.4, -0.2) is 26.1 Å². The Hall–Kier alpha value is -2.87. The molecule has 1 aliphatic rings. The molecule has 4 nitrogen and oxygen atoms in total. The third-order valence-electron chi connectivity index (χ3n) is 5.07. The van der Waals surface area contributed by atoms with Crippen molar-refractivity contribution in [2.45, 2.75) is 25.2 Å². The monoisotopic (exact) mass is 416 g/mol. The molecular weight excluding hydrogens is 397 g/mol. The molecule has 1 aromatic carbocycles. The molecule has 150 valence electrons. The van der Waals surface area contributed by atoms with Crippen molar-refractivity contribution < 1.29 is 13.2 Å². The molecule has 2 unspecified atom stereocenters. The molecule has 3 aromatic rings. The number of thiocarbonyl (C=S) groups is 1. The van der Waals surface area contributed by atoms with Gasteiger partial charge in [0.1, 0.15) is 0 Å². The molecule has 0 radical (unpaired) electrons. The predicted molar refractivity (Wildman–Crippen MR) is 109 cm³/mol. The molecule has 4 rings (SSSR count). The van der Waals surface area contributed by atoms with Crippen LogP contribution in [0.2, 0.25) is 0 Å². The van der Waals surface area contributed by atoms with E-state index >= 15 is 0 Å². The fraction of sp³-hybridized carbons (Fsp3) is 0.238. The van der Waals surface area contributed by atoms with Crippen molar-refractivity contribution in [3.05, 3.63) is 83.9 Å². The minimum absolute atomic E-state index is 0.202. The van der Waals surface area contributed by atoms with Crippen molar-refractivity contribution in [1.29, 1.82) is 0 Å². The Bertz CT molecular complexity index is 1020. The van der Waals surface area contributed by atoms with Crippen molar-refractivity contribution in [3.63, 3.8) is 0 Å². The van der Waals surface area contributed by atoms with Crippen LogP contribution in [0, 0.1) is 0 Å². The van der Waals surface area contributed by atoms with Crippen LogP contribution >= 0.6 is 12.2 Å². The Labute approximate surface area is 172 Å². The van der Waals surface area contributed by atoms with Gasteiger partial charge in [0, 0.05) is 30.3 Å². The lowest BCUT2D eigenvalue weighted by Crippen LogP contribution is -2.30. The Morgan fingerprint density at radius 1 is 1.10 bits per heavy atom. The summed E-state index contributed by atoms with van der Waals surface area (Å²) in [6.45, 7) is 2.66. The van der Waals surface area contributed by atoms with Gasteiger partial charge in [0.15, 0.2) is 5.11 Å². The first-order valence-corrected chi connectivity index (χ1v) is 9.64. The summed E-state index contributed by atoms with van der Waals surface area (Å²) in [6, 6.07) is 14.3. The number of aromatic nitrogens is 2. The summed E-state index contributed by atoms with van der Waals surface area (Å²) in [5.41, 5.74) is 1.44. The molecule has 0 spiro atoms. The number of hydrogen-bond donors (Lipinski definition) is 1. The van der Waals surface area contributed by atoms with Gasteiger partial charge < -0.3 is 14.8 Å². The molecular formula is C21H19F3N4S. The Kier molecular flexibility index (Phi) is 5.04. The molecule has 0 saturated carbocycles. The third kappa shape index (κ3) is 3.60. The van der Waals surface area contributed by atoms with Crippen LogP contribution in [0.1, 0.15) is 36.0 Å². The normalized spacial score (nSPS) is 19.4. The maximum absolute atomic E-state index is 13.2. The maximum Gasteiger partial charge on any atom is 0.416 e. The van der Waals surface area contributed by atoms with Gasteiger partial charge in [0.25, 0.3) is 0 Å². The third-order valence-corrected chi connectivity index (χ3v) is 5.43. The Morgan fingerprint density at radius 3 is 2.62 bits per heavy atom. The Morgan fingerprint density at radius 2 is 1.93 bits per heavy atom. The number of hydrogen-bond acceptors (Lipinski definition) is 2. The zero-order valence-corrected chi connectivity index (χ0v) is 16.4. The van der Waals surface area contributed by atoms with Crippen LogP contribution in [0.25, 0.3) is 5.69 Å². The van der Waals surface area contributed by atoms with Crippen molar-refractivity contribution in [2.75, 3.05) is 6.54 Å². The van der Waals surface area contributed by atoms with E-state index < -0.39 is 11.7 Å². The van der Waals surface area contributed by atoms with Crippen LogP contribution in [0.5, 0.6) is 0 Å². The highest BCUT2D eigenvalue weighted by Crippen LogP contribution is 2.39. The fourth-order valence-electron chi connectivity index (χ4n) is 3.77. The van der Waals surface area contributed by atoms with Gasteiger partial charge in [-0.3, -0.25) is 4.98 Å². The summed E-state index contributed by atoms with van der Waals surface area (Å²) >= 11 is 5.53. The smallest absolute Gasteiger partial charge is 0.352 e. The molecule has 0 amide bonds. The van der Waals surface area contributed by atoms with Crippen LogP contribution in [-0.2, 0) is 6.18 Å². The average molecular weight is 416 g/mol. The molecule has 1 fully saturated rings. The molecule has 1 saturated heterocycles. The zero-order chi connectivity index (χ0) is 20.6. The van der Waals surface area contributed by atoms with Gasteiger partial charge in [-0.1, -0.05) is 12.1 Å². The average Bonchev–Trinajstić information content (AvgIpc) is 3.32. The number of rotatable bonds is 4. The first kappa shape index (κ1) is 19.4. The van der Waals surface area contributed by atoms with Crippen molar-refractivity contribution >= 4 is 17.3 Å². The van der Waals surface area contributed by atoms with Crippen molar-refractivity contribution in [2.24, 2.45) is 0 Å².